The molecule has 0 bridgehead atoms. The second-order valence-electron chi connectivity index (χ2n) is 6.95. The number of nitrogens with zero attached hydrogens (tertiary/aromatic N) is 1. The Labute approximate surface area is 135 Å². The Kier molecular flexibility index (Phi) is 7.55. The predicted molar refractivity (Wildman–Crippen MR) is 95.3 cm³/mol. The lowest BCUT2D eigenvalue weighted by atomic mass is 10.1. The van der Waals surface area contributed by atoms with E-state index >= 15 is 0 Å². The van der Waals surface area contributed by atoms with Gasteiger partial charge in [-0.3, -0.25) is 0 Å². The molecule has 0 spiro atoms. The van der Waals surface area contributed by atoms with E-state index in [0.29, 0.717) is 17.9 Å². The van der Waals surface area contributed by atoms with Crippen molar-refractivity contribution in [3.63, 3.8) is 0 Å². The van der Waals surface area contributed by atoms with E-state index in [4.69, 9.17) is 11.6 Å². The summed E-state index contributed by atoms with van der Waals surface area (Å²) in [5, 5.41) is 4.31. The lowest BCUT2D eigenvalue weighted by Gasteiger charge is -2.31. The zero-order chi connectivity index (χ0) is 16.0. The van der Waals surface area contributed by atoms with E-state index in [0.717, 1.165) is 30.3 Å². The molecule has 0 saturated carbocycles. The number of hydrogen-bond acceptors (Lipinski definition) is 2. The van der Waals surface area contributed by atoms with Gasteiger partial charge in [-0.15, -0.1) is 0 Å². The highest BCUT2D eigenvalue weighted by atomic mass is 35.5. The van der Waals surface area contributed by atoms with E-state index < -0.39 is 0 Å². The van der Waals surface area contributed by atoms with Crippen LogP contribution in [-0.4, -0.2) is 19.1 Å². The van der Waals surface area contributed by atoms with Crippen molar-refractivity contribution >= 4 is 17.3 Å². The molecule has 1 rings (SSSR count). The predicted octanol–water partition coefficient (Wildman–Crippen LogP) is 4.96. The van der Waals surface area contributed by atoms with Crippen molar-refractivity contribution in [1.29, 1.82) is 0 Å². The summed E-state index contributed by atoms with van der Waals surface area (Å²) in [5.74, 6) is 1.29. The molecule has 0 aliphatic heterocycles. The van der Waals surface area contributed by atoms with Crippen LogP contribution in [0.2, 0.25) is 5.02 Å². The number of rotatable bonds is 8. The van der Waals surface area contributed by atoms with Gasteiger partial charge in [-0.25, -0.2) is 0 Å². The van der Waals surface area contributed by atoms with Crippen molar-refractivity contribution in [2.24, 2.45) is 11.8 Å². The fourth-order valence-corrected chi connectivity index (χ4v) is 2.69. The maximum Gasteiger partial charge on any atom is 0.0642 e. The van der Waals surface area contributed by atoms with Gasteiger partial charge in [-0.2, -0.15) is 0 Å². The van der Waals surface area contributed by atoms with Crippen LogP contribution in [0.15, 0.2) is 18.2 Å². The van der Waals surface area contributed by atoms with Crippen LogP contribution in [-0.2, 0) is 6.54 Å². The number of benzene rings is 1. The van der Waals surface area contributed by atoms with Gasteiger partial charge in [0.15, 0.2) is 0 Å². The lowest BCUT2D eigenvalue weighted by molar-refractivity contribution is 0.552. The molecule has 0 aliphatic carbocycles. The molecule has 1 aromatic rings. The van der Waals surface area contributed by atoms with E-state index in [-0.39, 0.29) is 0 Å². The molecule has 0 aromatic heterocycles. The number of halogens is 1. The van der Waals surface area contributed by atoms with Gasteiger partial charge >= 0.3 is 0 Å². The van der Waals surface area contributed by atoms with Crippen LogP contribution in [0.5, 0.6) is 0 Å². The van der Waals surface area contributed by atoms with Gasteiger partial charge in [-0.1, -0.05) is 45.4 Å². The van der Waals surface area contributed by atoms with E-state index in [2.05, 4.69) is 70.0 Å². The first-order chi connectivity index (χ1) is 9.81. The summed E-state index contributed by atoms with van der Waals surface area (Å²) in [6, 6.07) is 6.90. The highest BCUT2D eigenvalue weighted by Crippen LogP contribution is 2.29. The standard InChI is InChI=1S/C18H31ClN2/c1-13(2)10-20-11-16-7-8-18(17(19)9-16)21(15(5)6)12-14(3)4/h7-9,13-15,20H,10-12H2,1-6H3. The lowest BCUT2D eigenvalue weighted by Crippen LogP contribution is -2.34. The summed E-state index contributed by atoms with van der Waals surface area (Å²) < 4.78 is 0. The molecule has 120 valence electrons. The van der Waals surface area contributed by atoms with E-state index in [9.17, 15) is 0 Å². The van der Waals surface area contributed by atoms with Crippen molar-refractivity contribution in [1.82, 2.24) is 5.32 Å². The summed E-state index contributed by atoms with van der Waals surface area (Å²) in [7, 11) is 0. The molecule has 1 N–H and O–H groups in total. The van der Waals surface area contributed by atoms with Gasteiger partial charge in [0.05, 0.1) is 10.7 Å². The Morgan fingerprint density at radius 2 is 1.71 bits per heavy atom. The average molecular weight is 311 g/mol. The normalized spacial score (nSPS) is 11.7. The largest absolute Gasteiger partial charge is 0.368 e. The molecule has 0 heterocycles. The first-order valence-electron chi connectivity index (χ1n) is 8.07. The highest BCUT2D eigenvalue weighted by molar-refractivity contribution is 6.33. The highest BCUT2D eigenvalue weighted by Gasteiger charge is 2.15. The van der Waals surface area contributed by atoms with Gasteiger partial charge in [0, 0.05) is 19.1 Å². The quantitative estimate of drug-likeness (QED) is 0.730. The molecule has 3 heteroatoms. The van der Waals surface area contributed by atoms with Crippen molar-refractivity contribution in [2.45, 2.75) is 54.1 Å². The van der Waals surface area contributed by atoms with Gasteiger partial charge in [0.1, 0.15) is 0 Å². The van der Waals surface area contributed by atoms with Crippen molar-refractivity contribution in [3.8, 4) is 0 Å². The zero-order valence-electron chi connectivity index (χ0n) is 14.4. The summed E-state index contributed by atoms with van der Waals surface area (Å²) >= 11 is 6.52. The SMILES string of the molecule is CC(C)CNCc1ccc(N(CC(C)C)C(C)C)c(Cl)c1. The molecule has 0 atom stereocenters. The van der Waals surface area contributed by atoms with Crippen LogP contribution < -0.4 is 10.2 Å². The van der Waals surface area contributed by atoms with Gasteiger partial charge in [-0.05, 0) is 49.9 Å². The summed E-state index contributed by atoms with van der Waals surface area (Å²) in [4.78, 5) is 2.39. The third-order valence-corrected chi connectivity index (χ3v) is 3.69. The third kappa shape index (κ3) is 6.27. The van der Waals surface area contributed by atoms with Crippen LogP contribution in [0.1, 0.15) is 47.1 Å². The maximum absolute atomic E-state index is 6.52. The smallest absolute Gasteiger partial charge is 0.0642 e. The van der Waals surface area contributed by atoms with Crippen molar-refractivity contribution in [3.05, 3.63) is 28.8 Å². The van der Waals surface area contributed by atoms with E-state index in [1.165, 1.54) is 5.56 Å². The van der Waals surface area contributed by atoms with Crippen LogP contribution in [0.3, 0.4) is 0 Å². The topological polar surface area (TPSA) is 15.3 Å². The molecule has 2 nitrogen and oxygen atoms in total. The fraction of sp³-hybridized carbons (Fsp3) is 0.667. The van der Waals surface area contributed by atoms with Crippen molar-refractivity contribution < 1.29 is 0 Å². The molecule has 1 aromatic carbocycles. The van der Waals surface area contributed by atoms with E-state index in [1.807, 2.05) is 0 Å². The molecular weight excluding hydrogens is 280 g/mol. The van der Waals surface area contributed by atoms with Crippen molar-refractivity contribution in [2.75, 3.05) is 18.0 Å². The number of nitrogens with one attached hydrogen (secondary N) is 1. The molecule has 0 unspecified atom stereocenters. The number of anilines is 1. The van der Waals surface area contributed by atoms with Crippen LogP contribution in [0.25, 0.3) is 0 Å². The average Bonchev–Trinajstić information content (AvgIpc) is 2.35. The minimum atomic E-state index is 0.454. The van der Waals surface area contributed by atoms with Gasteiger partial charge in [0.2, 0.25) is 0 Å². The Morgan fingerprint density at radius 3 is 2.19 bits per heavy atom. The Hall–Kier alpha value is -0.730. The molecule has 0 saturated heterocycles. The molecule has 0 aliphatic rings. The second kappa shape index (κ2) is 8.65. The first kappa shape index (κ1) is 18.3. The second-order valence-corrected chi connectivity index (χ2v) is 7.36. The minimum Gasteiger partial charge on any atom is -0.368 e. The van der Waals surface area contributed by atoms with Crippen LogP contribution in [0.4, 0.5) is 5.69 Å². The molecule has 21 heavy (non-hydrogen) atoms. The summed E-state index contributed by atoms with van der Waals surface area (Å²) in [6.07, 6.45) is 0. The molecule has 0 amide bonds. The van der Waals surface area contributed by atoms with Crippen LogP contribution >= 0.6 is 11.6 Å². The number of hydrogen-bond donors (Lipinski definition) is 1. The fourth-order valence-electron chi connectivity index (χ4n) is 2.38. The maximum atomic E-state index is 6.52. The summed E-state index contributed by atoms with van der Waals surface area (Å²) in [5.41, 5.74) is 2.39. The third-order valence-electron chi connectivity index (χ3n) is 3.39. The Bertz CT molecular complexity index is 427. The molecule has 0 fully saturated rings. The van der Waals surface area contributed by atoms with Crippen LogP contribution in [0, 0.1) is 11.8 Å². The zero-order valence-corrected chi connectivity index (χ0v) is 15.2. The minimum absolute atomic E-state index is 0.454. The monoisotopic (exact) mass is 310 g/mol. The Morgan fingerprint density at radius 1 is 1.05 bits per heavy atom. The molecular formula is C18H31ClN2. The van der Waals surface area contributed by atoms with Gasteiger partial charge in [0.25, 0.3) is 0 Å². The first-order valence-corrected chi connectivity index (χ1v) is 8.44. The summed E-state index contributed by atoms with van der Waals surface area (Å²) in [6.45, 7) is 16.3. The Balaban J connectivity index is 2.80. The van der Waals surface area contributed by atoms with E-state index in [1.54, 1.807) is 0 Å². The van der Waals surface area contributed by atoms with Gasteiger partial charge < -0.3 is 10.2 Å². The molecule has 0 radical (unpaired) electrons.